The molecule has 4 heteroatoms. The molecule has 0 unspecified atom stereocenters. The Morgan fingerprint density at radius 2 is 1.33 bits per heavy atom. The molecule has 0 rings (SSSR count). The van der Waals surface area contributed by atoms with Gasteiger partial charge in [0.25, 0.3) is 0 Å². The second-order valence-electron chi connectivity index (χ2n) is 0.184. The number of halogens is 2. The summed E-state index contributed by atoms with van der Waals surface area (Å²) in [6, 6.07) is 0. The molecule has 0 heterocycles. The molecule has 0 aromatic heterocycles. The first kappa shape index (κ1) is 9.35. The lowest BCUT2D eigenvalue weighted by molar-refractivity contribution is -0.191. The Morgan fingerprint density at radius 3 is 1.33 bits per heavy atom. The summed E-state index contributed by atoms with van der Waals surface area (Å²) < 4.78 is 0. The van der Waals surface area contributed by atoms with Crippen molar-refractivity contribution in [3.05, 3.63) is 0 Å². The summed E-state index contributed by atoms with van der Waals surface area (Å²) in [7, 11) is 0. The van der Waals surface area contributed by atoms with Crippen LogP contribution >= 0.6 is 23.2 Å². The van der Waals surface area contributed by atoms with Crippen molar-refractivity contribution in [1.82, 2.24) is 0 Å². The molecule has 36 valence electrons. The Balaban J connectivity index is 0. The smallest absolute Gasteiger partial charge is 0.186 e. The van der Waals surface area contributed by atoms with Gasteiger partial charge in [0.05, 0.1) is 5.34 Å². The minimum Gasteiger partial charge on any atom is -0.186 e. The lowest BCUT2D eigenvalue weighted by atomic mass is 11.8. The number of rotatable bonds is 0. The molecule has 2 nitrogen and oxygen atoms in total. The van der Waals surface area contributed by atoms with E-state index in [-0.39, 0.29) is 11.5 Å². The lowest BCUT2D eigenvalue weighted by Crippen LogP contribution is -1.24. The van der Waals surface area contributed by atoms with Gasteiger partial charge in [-0.1, -0.05) is 0 Å². The minimum absolute atomic E-state index is 0.194. The highest BCUT2D eigenvalue weighted by atomic mass is 35.5. The van der Waals surface area contributed by atoms with E-state index < -0.39 is 0 Å². The Labute approximate surface area is 45.0 Å². The molecule has 0 aliphatic carbocycles. The first-order valence-electron chi connectivity index (χ1n) is 0.943. The number of alkyl halides is 2. The molecule has 0 aliphatic rings. The van der Waals surface area contributed by atoms with Crippen molar-refractivity contribution in [3.8, 4) is 0 Å². The van der Waals surface area contributed by atoms with Crippen molar-refractivity contribution in [1.29, 1.82) is 0 Å². The molecule has 0 spiro atoms. The number of carbonyl (C=O) groups excluding carboxylic acids is 2. The largest absolute Gasteiger partial charge is 0.373 e. The Morgan fingerprint density at radius 1 is 1.33 bits per heavy atom. The highest BCUT2D eigenvalue weighted by Gasteiger charge is 1.41. The van der Waals surface area contributed by atoms with Crippen LogP contribution in [-0.2, 0) is 9.59 Å². The van der Waals surface area contributed by atoms with Crippen LogP contribution < -0.4 is 0 Å². The Hall–Kier alpha value is -0.0400. The summed E-state index contributed by atoms with van der Waals surface area (Å²) in [5.41, 5.74) is 0. The van der Waals surface area contributed by atoms with Crippen LogP contribution in [-0.4, -0.2) is 11.5 Å². The van der Waals surface area contributed by atoms with E-state index in [2.05, 4.69) is 0 Å². The van der Waals surface area contributed by atoms with Gasteiger partial charge in [-0.2, -0.15) is 9.59 Å². The van der Waals surface area contributed by atoms with Crippen LogP contribution in [0.25, 0.3) is 0 Å². The van der Waals surface area contributed by atoms with Gasteiger partial charge in [0.1, 0.15) is 0 Å². The standard InChI is InChI=1S/CH2Cl2.CO2/c2*2-1-3/h1H2;. The summed E-state index contributed by atoms with van der Waals surface area (Å²) in [6.45, 7) is 0. The fourth-order valence-electron chi connectivity index (χ4n) is 0. The zero-order valence-corrected chi connectivity index (χ0v) is 4.29. The van der Waals surface area contributed by atoms with E-state index >= 15 is 0 Å². The van der Waals surface area contributed by atoms with Crippen molar-refractivity contribution >= 4 is 29.4 Å². The van der Waals surface area contributed by atoms with E-state index in [0.717, 1.165) is 0 Å². The molecule has 6 heavy (non-hydrogen) atoms. The Bertz CT molecular complexity index is 38.8. The van der Waals surface area contributed by atoms with Crippen molar-refractivity contribution in [2.24, 2.45) is 0 Å². The number of hydrogen-bond acceptors (Lipinski definition) is 2. The first-order valence-corrected chi connectivity index (χ1v) is 2.01. The topological polar surface area (TPSA) is 34.1 Å². The summed E-state index contributed by atoms with van der Waals surface area (Å²) in [4.78, 5) is 16.2. The van der Waals surface area contributed by atoms with Gasteiger partial charge < -0.3 is 0 Å². The van der Waals surface area contributed by atoms with Crippen LogP contribution in [0.1, 0.15) is 0 Å². The molecule has 0 aliphatic heterocycles. The second kappa shape index (κ2) is 20.2. The molecule has 0 aromatic rings. The summed E-state index contributed by atoms with van der Waals surface area (Å²) in [5.74, 6) is 0. The highest BCUT2D eigenvalue weighted by molar-refractivity contribution is 6.40. The minimum atomic E-state index is 0.194. The fraction of sp³-hybridized carbons (Fsp3) is 0.500. The van der Waals surface area contributed by atoms with Crippen LogP contribution in [0.15, 0.2) is 0 Å². The third-order valence-electron chi connectivity index (χ3n) is 0. The first-order chi connectivity index (χ1) is 2.83. The van der Waals surface area contributed by atoms with Gasteiger partial charge >= 0.3 is 6.15 Å². The van der Waals surface area contributed by atoms with Crippen molar-refractivity contribution in [2.75, 3.05) is 5.34 Å². The molecule has 0 N–H and O–H groups in total. The molecule has 0 fully saturated rings. The van der Waals surface area contributed by atoms with Crippen LogP contribution in [0.4, 0.5) is 0 Å². The molecule has 0 bridgehead atoms. The SMILES string of the molecule is ClCCl.O=C=O. The van der Waals surface area contributed by atoms with Crippen LogP contribution in [0.5, 0.6) is 0 Å². The van der Waals surface area contributed by atoms with E-state index in [4.69, 9.17) is 32.8 Å². The highest BCUT2D eigenvalue weighted by Crippen LogP contribution is 1.73. The van der Waals surface area contributed by atoms with E-state index in [1.54, 1.807) is 0 Å². The molecule has 0 saturated carbocycles. The van der Waals surface area contributed by atoms with Gasteiger partial charge in [-0.05, 0) is 0 Å². The predicted octanol–water partition coefficient (Wildman–Crippen LogP) is 0.838. The normalized spacial score (nSPS) is 4.33. The average molecular weight is 129 g/mol. The van der Waals surface area contributed by atoms with Gasteiger partial charge in [0.2, 0.25) is 0 Å². The zero-order valence-electron chi connectivity index (χ0n) is 2.78. The zero-order chi connectivity index (χ0) is 5.41. The van der Waals surface area contributed by atoms with Gasteiger partial charge in [-0.3, -0.25) is 0 Å². The maximum atomic E-state index is 8.12. The number of hydrogen-bond donors (Lipinski definition) is 0. The van der Waals surface area contributed by atoms with E-state index in [0.29, 0.717) is 0 Å². The van der Waals surface area contributed by atoms with Crippen LogP contribution in [0, 0.1) is 0 Å². The quantitative estimate of drug-likeness (QED) is 0.454. The summed E-state index contributed by atoms with van der Waals surface area (Å²) >= 11 is 9.53. The van der Waals surface area contributed by atoms with Crippen molar-refractivity contribution in [3.63, 3.8) is 0 Å². The molecule has 0 saturated heterocycles. The van der Waals surface area contributed by atoms with Crippen LogP contribution in [0.3, 0.4) is 0 Å². The van der Waals surface area contributed by atoms with Gasteiger partial charge in [-0.25, -0.2) is 0 Å². The maximum Gasteiger partial charge on any atom is 0.373 e. The third kappa shape index (κ3) is 21700. The molecular formula is C2H2Cl2O2. The van der Waals surface area contributed by atoms with Crippen molar-refractivity contribution < 1.29 is 9.59 Å². The molecule has 0 aromatic carbocycles. The van der Waals surface area contributed by atoms with Gasteiger partial charge in [0, 0.05) is 0 Å². The fourth-order valence-corrected chi connectivity index (χ4v) is 0. The van der Waals surface area contributed by atoms with E-state index in [1.165, 1.54) is 0 Å². The molecule has 0 atom stereocenters. The summed E-state index contributed by atoms with van der Waals surface area (Å²) in [5, 5.41) is 0.194. The van der Waals surface area contributed by atoms with Gasteiger partial charge in [-0.15, -0.1) is 23.2 Å². The summed E-state index contributed by atoms with van der Waals surface area (Å²) in [6.07, 6.45) is 0.250. The van der Waals surface area contributed by atoms with E-state index in [9.17, 15) is 0 Å². The lowest BCUT2D eigenvalue weighted by Gasteiger charge is -1.42. The van der Waals surface area contributed by atoms with Crippen molar-refractivity contribution in [2.45, 2.75) is 0 Å². The maximum absolute atomic E-state index is 8.12. The second-order valence-corrected chi connectivity index (χ2v) is 0.992. The predicted molar refractivity (Wildman–Crippen MR) is 21.6 cm³/mol. The third-order valence-corrected chi connectivity index (χ3v) is 0. The van der Waals surface area contributed by atoms with Gasteiger partial charge in [0.15, 0.2) is 0 Å². The molecular weight excluding hydrogens is 127 g/mol. The average Bonchev–Trinajstić information content (AvgIpc) is 1.39. The van der Waals surface area contributed by atoms with E-state index in [1.807, 2.05) is 0 Å². The Kier molecular flexibility index (Phi) is 31.6. The monoisotopic (exact) mass is 128 g/mol. The van der Waals surface area contributed by atoms with Crippen LogP contribution in [0.2, 0.25) is 0 Å². The molecule has 0 radical (unpaired) electrons. The molecule has 0 amide bonds.